The van der Waals surface area contributed by atoms with E-state index in [2.05, 4.69) is 5.32 Å². The minimum absolute atomic E-state index is 0.282. The van der Waals surface area contributed by atoms with Gasteiger partial charge in [-0.2, -0.15) is 0 Å². The highest BCUT2D eigenvalue weighted by Gasteiger charge is 2.34. The smallest absolute Gasteiger partial charge is 0.332 e. The van der Waals surface area contributed by atoms with Crippen molar-refractivity contribution < 1.29 is 23.6 Å². The Hall–Kier alpha value is -0.950. The van der Waals surface area contributed by atoms with Crippen LogP contribution in [0.2, 0.25) is 0 Å². The summed E-state index contributed by atoms with van der Waals surface area (Å²) in [6.45, 7) is 0.440. The van der Waals surface area contributed by atoms with E-state index >= 15 is 0 Å². The summed E-state index contributed by atoms with van der Waals surface area (Å²) in [6.07, 6.45) is 1.52. The van der Waals surface area contributed by atoms with Crippen molar-refractivity contribution in [2.75, 3.05) is 18.6 Å². The molecule has 6 nitrogen and oxygen atoms in total. The van der Waals surface area contributed by atoms with Crippen molar-refractivity contribution in [1.29, 1.82) is 0 Å². The molecular weight excluding hydrogens is 246 g/mol. The van der Waals surface area contributed by atoms with Crippen LogP contribution in [-0.2, 0) is 25.1 Å². The predicted molar refractivity (Wildman–Crippen MR) is 62.1 cm³/mol. The molecule has 3 unspecified atom stereocenters. The number of rotatable bonds is 6. The Labute approximate surface area is 102 Å². The van der Waals surface area contributed by atoms with Crippen molar-refractivity contribution in [1.82, 2.24) is 5.32 Å². The van der Waals surface area contributed by atoms with Crippen LogP contribution in [0.4, 0.5) is 0 Å². The second-order valence-corrected chi connectivity index (χ2v) is 5.51. The van der Waals surface area contributed by atoms with Gasteiger partial charge in [-0.05, 0) is 19.3 Å². The summed E-state index contributed by atoms with van der Waals surface area (Å²) in [5.41, 5.74) is 0. The molecule has 1 aliphatic heterocycles. The van der Waals surface area contributed by atoms with Gasteiger partial charge in [0.2, 0.25) is 5.91 Å². The molecule has 98 valence electrons. The number of carboxylic acids is 1. The number of carboxylic acid groups (broad SMARTS) is 1. The van der Waals surface area contributed by atoms with Gasteiger partial charge in [-0.15, -0.1) is 0 Å². The topological polar surface area (TPSA) is 92.7 Å². The maximum Gasteiger partial charge on any atom is 0.332 e. The Morgan fingerprint density at radius 2 is 2.06 bits per heavy atom. The van der Waals surface area contributed by atoms with E-state index in [0.717, 1.165) is 0 Å². The molecule has 1 rings (SSSR count). The van der Waals surface area contributed by atoms with E-state index in [0.29, 0.717) is 31.6 Å². The Morgan fingerprint density at radius 3 is 2.59 bits per heavy atom. The van der Waals surface area contributed by atoms with Gasteiger partial charge in [-0.1, -0.05) is 0 Å². The first-order valence-corrected chi connectivity index (χ1v) is 7.19. The van der Waals surface area contributed by atoms with Gasteiger partial charge < -0.3 is 15.2 Å². The highest BCUT2D eigenvalue weighted by Crippen LogP contribution is 2.19. The van der Waals surface area contributed by atoms with Crippen LogP contribution < -0.4 is 5.32 Å². The van der Waals surface area contributed by atoms with Gasteiger partial charge in [-0.3, -0.25) is 9.00 Å². The van der Waals surface area contributed by atoms with E-state index in [-0.39, 0.29) is 5.91 Å². The fourth-order valence-corrected chi connectivity index (χ4v) is 2.16. The lowest BCUT2D eigenvalue weighted by Gasteiger charge is -2.11. The first-order chi connectivity index (χ1) is 8.00. The third kappa shape index (κ3) is 4.82. The number of hydrogen-bond donors (Lipinski definition) is 2. The third-order valence-electron chi connectivity index (χ3n) is 2.50. The molecule has 1 fully saturated rings. The largest absolute Gasteiger partial charge is 0.479 e. The van der Waals surface area contributed by atoms with Crippen molar-refractivity contribution in [2.45, 2.75) is 31.5 Å². The average molecular weight is 263 g/mol. The van der Waals surface area contributed by atoms with E-state index < -0.39 is 29.0 Å². The number of ether oxygens (including phenoxy) is 1. The predicted octanol–water partition coefficient (Wildman–Crippen LogP) is -0.497. The third-order valence-corrected chi connectivity index (χ3v) is 3.36. The summed E-state index contributed by atoms with van der Waals surface area (Å²) < 4.78 is 15.9. The van der Waals surface area contributed by atoms with Crippen molar-refractivity contribution >= 4 is 22.7 Å². The van der Waals surface area contributed by atoms with Crippen LogP contribution in [-0.4, -0.2) is 52.0 Å². The second-order valence-electron chi connectivity index (χ2n) is 3.95. The molecule has 0 spiro atoms. The maximum atomic E-state index is 11.6. The highest BCUT2D eigenvalue weighted by molar-refractivity contribution is 7.84. The lowest BCUT2D eigenvalue weighted by atomic mass is 10.2. The molecule has 17 heavy (non-hydrogen) atoms. The molecule has 7 heteroatoms. The number of nitrogens with one attached hydrogen (secondary N) is 1. The van der Waals surface area contributed by atoms with Gasteiger partial charge in [-0.25, -0.2) is 4.79 Å². The lowest BCUT2D eigenvalue weighted by Crippen LogP contribution is -2.36. The van der Waals surface area contributed by atoms with Crippen molar-refractivity contribution in [2.24, 2.45) is 0 Å². The minimum Gasteiger partial charge on any atom is -0.479 e. The molecule has 1 amide bonds. The van der Waals surface area contributed by atoms with Gasteiger partial charge in [0.05, 0.1) is 0 Å². The minimum atomic E-state index is -1.03. The van der Waals surface area contributed by atoms with Crippen LogP contribution >= 0.6 is 0 Å². The molecule has 1 aliphatic rings. The van der Waals surface area contributed by atoms with Crippen LogP contribution in [0.5, 0.6) is 0 Å². The van der Waals surface area contributed by atoms with E-state index in [1.54, 1.807) is 6.26 Å². The first-order valence-electron chi connectivity index (χ1n) is 5.46. The summed E-state index contributed by atoms with van der Waals surface area (Å²) in [5.74, 6) is -0.763. The molecule has 3 atom stereocenters. The molecule has 0 radical (unpaired) electrons. The average Bonchev–Trinajstić information content (AvgIpc) is 2.73. The molecule has 2 N–H and O–H groups in total. The monoisotopic (exact) mass is 263 g/mol. The number of carbonyl (C=O) groups excluding carboxylic acids is 1. The quantitative estimate of drug-likeness (QED) is 0.630. The number of hydrogen-bond acceptors (Lipinski definition) is 4. The normalized spacial score (nSPS) is 25.5. The number of amides is 1. The molecule has 0 aromatic heterocycles. The summed E-state index contributed by atoms with van der Waals surface area (Å²) >= 11 is 0. The second kappa shape index (κ2) is 6.70. The molecule has 0 saturated carbocycles. The fourth-order valence-electron chi connectivity index (χ4n) is 1.61. The first kappa shape index (κ1) is 14.1. The van der Waals surface area contributed by atoms with Gasteiger partial charge in [0.15, 0.2) is 6.10 Å². The molecule has 0 aromatic carbocycles. The van der Waals surface area contributed by atoms with Crippen molar-refractivity contribution in [3.05, 3.63) is 0 Å². The van der Waals surface area contributed by atoms with E-state index in [1.807, 2.05) is 0 Å². The standard InChI is InChI=1S/C10H17NO5S/c1-17(15)6-2-5-11-9(12)7-3-4-8(16-7)10(13)14/h7-8H,2-6H2,1H3,(H,11,12)(H,13,14). The molecule has 1 saturated heterocycles. The highest BCUT2D eigenvalue weighted by atomic mass is 32.2. The number of aliphatic carboxylic acids is 1. The van der Waals surface area contributed by atoms with Gasteiger partial charge in [0.1, 0.15) is 6.10 Å². The van der Waals surface area contributed by atoms with E-state index in [4.69, 9.17) is 9.84 Å². The van der Waals surface area contributed by atoms with E-state index in [9.17, 15) is 13.8 Å². The fraction of sp³-hybridized carbons (Fsp3) is 0.800. The van der Waals surface area contributed by atoms with Crippen LogP contribution in [0.3, 0.4) is 0 Å². The van der Waals surface area contributed by atoms with Crippen LogP contribution in [0.25, 0.3) is 0 Å². The van der Waals surface area contributed by atoms with Gasteiger partial charge in [0, 0.05) is 29.4 Å². The summed E-state index contributed by atoms with van der Waals surface area (Å²) in [7, 11) is -0.854. The zero-order chi connectivity index (χ0) is 12.8. The van der Waals surface area contributed by atoms with Crippen LogP contribution in [0.15, 0.2) is 0 Å². The van der Waals surface area contributed by atoms with Crippen molar-refractivity contribution in [3.63, 3.8) is 0 Å². The maximum absolute atomic E-state index is 11.6. The number of carbonyl (C=O) groups is 2. The Balaban J connectivity index is 2.21. The van der Waals surface area contributed by atoms with Crippen molar-refractivity contribution in [3.8, 4) is 0 Å². The summed E-state index contributed by atoms with van der Waals surface area (Å²) in [4.78, 5) is 22.2. The zero-order valence-electron chi connectivity index (χ0n) is 9.68. The lowest BCUT2D eigenvalue weighted by molar-refractivity contribution is -0.151. The molecule has 0 aliphatic carbocycles. The molecule has 0 bridgehead atoms. The SMILES string of the molecule is CS(=O)CCCNC(=O)C1CCC(C(=O)O)O1. The molecule has 1 heterocycles. The Morgan fingerprint density at radius 1 is 1.41 bits per heavy atom. The molecular formula is C10H17NO5S. The van der Waals surface area contributed by atoms with Gasteiger partial charge in [0.25, 0.3) is 0 Å². The Kier molecular flexibility index (Phi) is 5.57. The molecule has 0 aromatic rings. The summed E-state index contributed by atoms with van der Waals surface area (Å²) in [5, 5.41) is 11.3. The van der Waals surface area contributed by atoms with Crippen LogP contribution in [0.1, 0.15) is 19.3 Å². The zero-order valence-corrected chi connectivity index (χ0v) is 10.5. The summed E-state index contributed by atoms with van der Waals surface area (Å²) in [6, 6.07) is 0. The Bertz CT molecular complexity index is 320. The van der Waals surface area contributed by atoms with Gasteiger partial charge >= 0.3 is 5.97 Å². The van der Waals surface area contributed by atoms with E-state index in [1.165, 1.54) is 0 Å². The van der Waals surface area contributed by atoms with Crippen LogP contribution in [0, 0.1) is 0 Å².